The third kappa shape index (κ3) is 2.46. The zero-order chi connectivity index (χ0) is 16.6. The number of ether oxygens (including phenoxy) is 1. The molecular weight excluding hydrogens is 302 g/mol. The molecule has 0 atom stereocenters. The second-order valence-electron chi connectivity index (χ2n) is 4.81. The number of benzene rings is 2. The fourth-order valence-corrected chi connectivity index (χ4v) is 2.39. The van der Waals surface area contributed by atoms with Crippen LogP contribution in [0.5, 0.6) is 5.75 Å². The highest BCUT2D eigenvalue weighted by Gasteiger charge is 2.31. The summed E-state index contributed by atoms with van der Waals surface area (Å²) < 4.78 is 5.27. The first-order valence-electron chi connectivity index (χ1n) is 6.62. The minimum atomic E-state index is -0.953. The SMILES string of the molecule is NC(=O)c1cc2c(cc1[N+](=O)[O-])OCC(=O)N2c1ccccc1. The molecule has 0 unspecified atom stereocenters. The van der Waals surface area contributed by atoms with Gasteiger partial charge in [-0.15, -0.1) is 0 Å². The van der Waals surface area contributed by atoms with Gasteiger partial charge >= 0.3 is 0 Å². The van der Waals surface area contributed by atoms with E-state index in [9.17, 15) is 19.7 Å². The summed E-state index contributed by atoms with van der Waals surface area (Å²) in [5, 5.41) is 11.1. The molecule has 3 rings (SSSR count). The van der Waals surface area contributed by atoms with Crippen molar-refractivity contribution in [2.24, 2.45) is 5.73 Å². The molecule has 8 nitrogen and oxygen atoms in total. The van der Waals surface area contributed by atoms with Crippen LogP contribution in [0.1, 0.15) is 10.4 Å². The van der Waals surface area contributed by atoms with Crippen LogP contribution in [0.3, 0.4) is 0 Å². The third-order valence-electron chi connectivity index (χ3n) is 3.40. The Balaban J connectivity index is 2.22. The smallest absolute Gasteiger partial charge is 0.286 e. The average Bonchev–Trinajstić information content (AvgIpc) is 2.54. The predicted octanol–water partition coefficient (Wildman–Crippen LogP) is 1.75. The Morgan fingerprint density at radius 3 is 2.57 bits per heavy atom. The Bertz CT molecular complexity index is 819. The topological polar surface area (TPSA) is 116 Å². The number of nitrogens with zero attached hydrogens (tertiary/aromatic N) is 2. The van der Waals surface area contributed by atoms with Gasteiger partial charge < -0.3 is 10.5 Å². The molecule has 0 bridgehead atoms. The Morgan fingerprint density at radius 1 is 1.26 bits per heavy atom. The van der Waals surface area contributed by atoms with Crippen LogP contribution < -0.4 is 15.4 Å². The third-order valence-corrected chi connectivity index (χ3v) is 3.40. The number of anilines is 2. The fourth-order valence-electron chi connectivity index (χ4n) is 2.39. The molecule has 8 heteroatoms. The second-order valence-corrected chi connectivity index (χ2v) is 4.81. The number of hydrogen-bond acceptors (Lipinski definition) is 5. The van der Waals surface area contributed by atoms with Crippen molar-refractivity contribution in [1.29, 1.82) is 0 Å². The van der Waals surface area contributed by atoms with Crippen LogP contribution in [-0.2, 0) is 4.79 Å². The Morgan fingerprint density at radius 2 is 1.96 bits per heavy atom. The fraction of sp³-hybridized carbons (Fsp3) is 0.0667. The number of nitrogens with two attached hydrogens (primary N) is 1. The monoisotopic (exact) mass is 313 g/mol. The van der Waals surface area contributed by atoms with E-state index in [0.717, 1.165) is 6.07 Å². The second kappa shape index (κ2) is 5.41. The Labute approximate surface area is 130 Å². The van der Waals surface area contributed by atoms with Gasteiger partial charge in [0.1, 0.15) is 5.56 Å². The molecule has 0 aromatic heterocycles. The zero-order valence-corrected chi connectivity index (χ0v) is 11.8. The molecule has 116 valence electrons. The predicted molar refractivity (Wildman–Crippen MR) is 80.7 cm³/mol. The summed E-state index contributed by atoms with van der Waals surface area (Å²) >= 11 is 0. The summed E-state index contributed by atoms with van der Waals surface area (Å²) in [6.45, 7) is -0.255. The summed E-state index contributed by atoms with van der Waals surface area (Å²) in [6.07, 6.45) is 0. The lowest BCUT2D eigenvalue weighted by molar-refractivity contribution is -0.385. The zero-order valence-electron chi connectivity index (χ0n) is 11.8. The van der Waals surface area contributed by atoms with Crippen LogP contribution in [-0.4, -0.2) is 23.3 Å². The minimum absolute atomic E-state index is 0.144. The lowest BCUT2D eigenvalue weighted by atomic mass is 10.1. The number of rotatable bonds is 3. The number of primary amides is 1. The highest BCUT2D eigenvalue weighted by Crippen LogP contribution is 2.41. The molecule has 0 aliphatic carbocycles. The summed E-state index contributed by atoms with van der Waals surface area (Å²) in [5.74, 6) is -1.16. The van der Waals surface area contributed by atoms with Crippen LogP contribution >= 0.6 is 0 Å². The molecule has 2 aromatic carbocycles. The van der Waals surface area contributed by atoms with E-state index in [1.807, 2.05) is 0 Å². The van der Waals surface area contributed by atoms with Gasteiger partial charge in [-0.1, -0.05) is 18.2 Å². The summed E-state index contributed by atoms with van der Waals surface area (Å²) in [5.41, 5.74) is 5.28. The number of amides is 2. The largest absolute Gasteiger partial charge is 0.481 e. The summed E-state index contributed by atoms with van der Waals surface area (Å²) in [4.78, 5) is 35.4. The number of carbonyl (C=O) groups excluding carboxylic acids is 2. The average molecular weight is 313 g/mol. The first-order valence-corrected chi connectivity index (χ1v) is 6.62. The Kier molecular flexibility index (Phi) is 3.41. The van der Waals surface area contributed by atoms with E-state index in [1.165, 1.54) is 11.0 Å². The standard InChI is InChI=1S/C15H11N3O5/c16-15(20)10-6-12-13(7-11(10)18(21)22)23-8-14(19)17(12)9-4-2-1-3-5-9/h1-7H,8H2,(H2,16,20). The molecule has 0 saturated heterocycles. The van der Waals surface area contributed by atoms with Gasteiger partial charge in [-0.25, -0.2) is 0 Å². The quantitative estimate of drug-likeness (QED) is 0.684. The van der Waals surface area contributed by atoms with Crippen LogP contribution in [0.25, 0.3) is 0 Å². The van der Waals surface area contributed by atoms with Crippen LogP contribution in [0, 0.1) is 10.1 Å². The van der Waals surface area contributed by atoms with Crippen molar-refractivity contribution >= 4 is 28.9 Å². The number of nitro benzene ring substituents is 1. The molecule has 2 N–H and O–H groups in total. The van der Waals surface area contributed by atoms with Crippen molar-refractivity contribution in [3.05, 3.63) is 58.1 Å². The first kappa shape index (κ1) is 14.5. The van der Waals surface area contributed by atoms with Crippen LogP contribution in [0.4, 0.5) is 17.1 Å². The van der Waals surface area contributed by atoms with E-state index in [0.29, 0.717) is 5.69 Å². The van der Waals surface area contributed by atoms with Crippen molar-refractivity contribution in [2.45, 2.75) is 0 Å². The van der Waals surface area contributed by atoms with Gasteiger partial charge in [-0.2, -0.15) is 0 Å². The van der Waals surface area contributed by atoms with Gasteiger partial charge in [-0.05, 0) is 18.2 Å². The number of nitro groups is 1. The van der Waals surface area contributed by atoms with E-state index in [1.54, 1.807) is 30.3 Å². The lowest BCUT2D eigenvalue weighted by Gasteiger charge is -2.29. The molecule has 2 aromatic rings. The number of fused-ring (bicyclic) bond motifs is 1. The van der Waals surface area contributed by atoms with Crippen molar-refractivity contribution in [1.82, 2.24) is 0 Å². The maximum Gasteiger partial charge on any atom is 0.286 e. The molecule has 1 aliphatic rings. The van der Waals surface area contributed by atoms with Crippen molar-refractivity contribution in [3.63, 3.8) is 0 Å². The van der Waals surface area contributed by atoms with E-state index >= 15 is 0 Å². The highest BCUT2D eigenvalue weighted by molar-refractivity contribution is 6.07. The summed E-state index contributed by atoms with van der Waals surface area (Å²) in [7, 11) is 0. The molecule has 2 amide bonds. The van der Waals surface area contributed by atoms with Gasteiger partial charge in [0.15, 0.2) is 12.4 Å². The Hall–Kier alpha value is -3.42. The maximum atomic E-state index is 12.2. The number of carbonyl (C=O) groups is 2. The van der Waals surface area contributed by atoms with Gasteiger partial charge in [0.2, 0.25) is 0 Å². The lowest BCUT2D eigenvalue weighted by Crippen LogP contribution is -2.35. The van der Waals surface area contributed by atoms with Crippen molar-refractivity contribution in [2.75, 3.05) is 11.5 Å². The molecule has 1 aliphatic heterocycles. The van der Waals surface area contributed by atoms with Crippen molar-refractivity contribution in [3.8, 4) is 5.75 Å². The molecule has 0 radical (unpaired) electrons. The normalized spacial score (nSPS) is 13.2. The van der Waals surface area contributed by atoms with Crippen LogP contribution in [0.2, 0.25) is 0 Å². The van der Waals surface area contributed by atoms with Gasteiger partial charge in [0, 0.05) is 5.69 Å². The van der Waals surface area contributed by atoms with E-state index < -0.39 is 16.5 Å². The van der Waals surface area contributed by atoms with Crippen molar-refractivity contribution < 1.29 is 19.2 Å². The van der Waals surface area contributed by atoms with Gasteiger partial charge in [0.05, 0.1) is 16.7 Å². The summed E-state index contributed by atoms with van der Waals surface area (Å²) in [6, 6.07) is 11.0. The van der Waals surface area contributed by atoms with E-state index in [2.05, 4.69) is 0 Å². The van der Waals surface area contributed by atoms with E-state index in [4.69, 9.17) is 10.5 Å². The molecular formula is C15H11N3O5. The molecule has 0 saturated carbocycles. The molecule has 1 heterocycles. The van der Waals surface area contributed by atoms with Crippen LogP contribution in [0.15, 0.2) is 42.5 Å². The minimum Gasteiger partial charge on any atom is -0.481 e. The van der Waals surface area contributed by atoms with Gasteiger partial charge in [0.25, 0.3) is 17.5 Å². The maximum absolute atomic E-state index is 12.2. The first-order chi connectivity index (χ1) is 11.0. The molecule has 0 fully saturated rings. The number of hydrogen-bond donors (Lipinski definition) is 1. The molecule has 23 heavy (non-hydrogen) atoms. The highest BCUT2D eigenvalue weighted by atomic mass is 16.6. The molecule has 0 spiro atoms. The van der Waals surface area contributed by atoms with Gasteiger partial charge in [-0.3, -0.25) is 24.6 Å². The van der Waals surface area contributed by atoms with E-state index in [-0.39, 0.29) is 29.5 Å². The number of para-hydroxylation sites is 1.